The fourth-order valence-corrected chi connectivity index (χ4v) is 3.07. The van der Waals surface area contributed by atoms with Gasteiger partial charge in [0.2, 0.25) is 0 Å². The number of pyridine rings is 3. The minimum absolute atomic E-state index is 0.791. The van der Waals surface area contributed by atoms with Crippen molar-refractivity contribution in [2.45, 2.75) is 19.3 Å². The summed E-state index contributed by atoms with van der Waals surface area (Å²) in [5.74, 6) is 0.791. The molecule has 4 heterocycles. The van der Waals surface area contributed by atoms with Gasteiger partial charge in [-0.1, -0.05) is 6.07 Å². The zero-order valence-corrected chi connectivity index (χ0v) is 14.6. The van der Waals surface area contributed by atoms with Gasteiger partial charge in [0.1, 0.15) is 11.4 Å². The molecule has 0 saturated heterocycles. The van der Waals surface area contributed by atoms with Crippen molar-refractivity contribution in [1.29, 1.82) is 0 Å². The maximum absolute atomic E-state index is 5.22. The number of rotatable bonds is 6. The molecule has 1 N–H and O–H groups in total. The summed E-state index contributed by atoms with van der Waals surface area (Å²) in [5.41, 5.74) is 5.60. The first-order chi connectivity index (χ1) is 12.8. The van der Waals surface area contributed by atoms with Gasteiger partial charge in [-0.3, -0.25) is 9.97 Å². The third-order valence-electron chi connectivity index (χ3n) is 4.49. The van der Waals surface area contributed by atoms with E-state index in [9.17, 15) is 0 Å². The van der Waals surface area contributed by atoms with Crippen molar-refractivity contribution in [3.63, 3.8) is 0 Å². The zero-order valence-electron chi connectivity index (χ0n) is 14.6. The molecule has 130 valence electrons. The van der Waals surface area contributed by atoms with Gasteiger partial charge in [0, 0.05) is 42.3 Å². The highest BCUT2D eigenvalue weighted by molar-refractivity contribution is 5.79. The number of fused-ring (bicyclic) bond motifs is 1. The number of ether oxygens (including phenoxy) is 1. The summed E-state index contributed by atoms with van der Waals surface area (Å²) in [4.78, 5) is 16.4. The van der Waals surface area contributed by atoms with E-state index in [2.05, 4.69) is 38.1 Å². The van der Waals surface area contributed by atoms with Gasteiger partial charge >= 0.3 is 0 Å². The molecule has 0 bridgehead atoms. The first-order valence-electron chi connectivity index (χ1n) is 8.64. The lowest BCUT2D eigenvalue weighted by Gasteiger charge is -2.05. The summed E-state index contributed by atoms with van der Waals surface area (Å²) in [6.07, 6.45) is 12.0. The Hall–Kier alpha value is -3.21. The number of aromatic amines is 1. The number of nitrogens with zero attached hydrogens (tertiary/aromatic N) is 3. The van der Waals surface area contributed by atoms with E-state index >= 15 is 0 Å². The van der Waals surface area contributed by atoms with E-state index in [1.807, 2.05) is 30.7 Å². The molecule has 5 nitrogen and oxygen atoms in total. The monoisotopic (exact) mass is 344 g/mol. The molecule has 0 amide bonds. The summed E-state index contributed by atoms with van der Waals surface area (Å²) in [7, 11) is 1.66. The molecule has 0 atom stereocenters. The molecule has 4 aromatic heterocycles. The number of aromatic nitrogens is 4. The van der Waals surface area contributed by atoms with Gasteiger partial charge in [0.15, 0.2) is 0 Å². The van der Waals surface area contributed by atoms with Gasteiger partial charge in [-0.15, -0.1) is 0 Å². The second-order valence-electron chi connectivity index (χ2n) is 6.28. The van der Waals surface area contributed by atoms with Crippen LogP contribution in [0.4, 0.5) is 0 Å². The Kier molecular flexibility index (Phi) is 4.60. The van der Waals surface area contributed by atoms with Gasteiger partial charge < -0.3 is 9.72 Å². The Morgan fingerprint density at radius 1 is 1.00 bits per heavy atom. The molecule has 0 aliphatic rings. The van der Waals surface area contributed by atoms with Crippen molar-refractivity contribution in [2.24, 2.45) is 0 Å². The predicted molar refractivity (Wildman–Crippen MR) is 101 cm³/mol. The normalized spacial score (nSPS) is 11.0. The maximum Gasteiger partial charge on any atom is 0.137 e. The molecule has 26 heavy (non-hydrogen) atoms. The largest absolute Gasteiger partial charge is 0.495 e. The fourth-order valence-electron chi connectivity index (χ4n) is 3.07. The molecule has 0 aliphatic heterocycles. The van der Waals surface area contributed by atoms with Crippen LogP contribution in [0.1, 0.15) is 22.4 Å². The maximum atomic E-state index is 5.22. The Bertz CT molecular complexity index is 1010. The van der Waals surface area contributed by atoms with Crippen LogP contribution in [0.3, 0.4) is 0 Å². The average molecular weight is 344 g/mol. The number of hydrogen-bond acceptors (Lipinski definition) is 4. The van der Waals surface area contributed by atoms with Crippen molar-refractivity contribution >= 4 is 11.0 Å². The molecule has 0 aromatic carbocycles. The van der Waals surface area contributed by atoms with Crippen molar-refractivity contribution in [1.82, 2.24) is 19.9 Å². The number of H-pyrrole nitrogens is 1. The van der Waals surface area contributed by atoms with Crippen LogP contribution in [0.2, 0.25) is 0 Å². The first kappa shape index (κ1) is 16.3. The van der Waals surface area contributed by atoms with Crippen LogP contribution in [0, 0.1) is 0 Å². The van der Waals surface area contributed by atoms with Crippen LogP contribution < -0.4 is 4.74 Å². The number of hydrogen-bond donors (Lipinski definition) is 1. The Balaban J connectivity index is 1.41. The van der Waals surface area contributed by atoms with Crippen molar-refractivity contribution < 1.29 is 4.74 Å². The highest BCUT2D eigenvalue weighted by atomic mass is 16.5. The Labute approximate surface area is 152 Å². The predicted octanol–water partition coefficient (Wildman–Crippen LogP) is 3.74. The zero-order chi connectivity index (χ0) is 17.8. The lowest BCUT2D eigenvalue weighted by Crippen LogP contribution is -1.97. The first-order valence-corrected chi connectivity index (χ1v) is 8.64. The van der Waals surface area contributed by atoms with E-state index in [0.29, 0.717) is 0 Å². The van der Waals surface area contributed by atoms with Gasteiger partial charge in [0.25, 0.3) is 0 Å². The van der Waals surface area contributed by atoms with Gasteiger partial charge in [-0.05, 0) is 53.8 Å². The van der Waals surface area contributed by atoms with E-state index in [4.69, 9.17) is 4.74 Å². The van der Waals surface area contributed by atoms with E-state index in [1.54, 1.807) is 19.5 Å². The minimum atomic E-state index is 0.791. The van der Waals surface area contributed by atoms with Crippen LogP contribution in [0.5, 0.6) is 5.75 Å². The number of methoxy groups -OCH3 is 1. The molecule has 5 heteroatoms. The van der Waals surface area contributed by atoms with Crippen LogP contribution >= 0.6 is 0 Å². The summed E-state index contributed by atoms with van der Waals surface area (Å²) >= 11 is 0. The number of aryl methyl sites for hydroxylation is 2. The van der Waals surface area contributed by atoms with Crippen LogP contribution in [-0.2, 0) is 19.3 Å². The van der Waals surface area contributed by atoms with Crippen LogP contribution in [0.15, 0.2) is 61.3 Å². The van der Waals surface area contributed by atoms with Gasteiger partial charge in [-0.2, -0.15) is 0 Å². The van der Waals surface area contributed by atoms with Crippen molar-refractivity contribution in [2.75, 3.05) is 7.11 Å². The van der Waals surface area contributed by atoms with Gasteiger partial charge in [-0.25, -0.2) is 4.98 Å². The van der Waals surface area contributed by atoms with E-state index in [1.165, 1.54) is 16.5 Å². The Morgan fingerprint density at radius 3 is 2.81 bits per heavy atom. The summed E-state index contributed by atoms with van der Waals surface area (Å²) in [6, 6.07) is 10.3. The molecular formula is C21H20N4O. The summed E-state index contributed by atoms with van der Waals surface area (Å²) < 4.78 is 5.22. The second-order valence-corrected chi connectivity index (χ2v) is 6.28. The lowest BCUT2D eigenvalue weighted by molar-refractivity contribution is 0.412. The van der Waals surface area contributed by atoms with Crippen molar-refractivity contribution in [3.05, 3.63) is 83.7 Å². The smallest absolute Gasteiger partial charge is 0.137 e. The highest BCUT2D eigenvalue weighted by Crippen LogP contribution is 2.19. The molecule has 0 unspecified atom stereocenters. The second kappa shape index (κ2) is 7.35. The topological polar surface area (TPSA) is 63.7 Å². The lowest BCUT2D eigenvalue weighted by atomic mass is 10.1. The standard InChI is InChI=1S/C21H20N4O/c1-26-19-10-16(11-22-14-19)5-7-18-6-4-15(12-24-18)9-17-13-25-21-20(17)3-2-8-23-21/h2-4,6,8,10-14H,5,7,9H2,1H3,(H,23,25). The third kappa shape index (κ3) is 3.57. The molecule has 0 radical (unpaired) electrons. The average Bonchev–Trinajstić information content (AvgIpc) is 3.11. The van der Waals surface area contributed by atoms with E-state index in [-0.39, 0.29) is 0 Å². The van der Waals surface area contributed by atoms with E-state index < -0.39 is 0 Å². The number of nitrogens with one attached hydrogen (secondary N) is 1. The molecule has 0 fully saturated rings. The third-order valence-corrected chi connectivity index (χ3v) is 4.49. The highest BCUT2D eigenvalue weighted by Gasteiger charge is 2.06. The molecule has 4 rings (SSSR count). The van der Waals surface area contributed by atoms with Crippen LogP contribution in [-0.4, -0.2) is 27.0 Å². The molecule has 0 saturated carbocycles. The summed E-state index contributed by atoms with van der Waals surface area (Å²) in [6.45, 7) is 0. The fraction of sp³-hybridized carbons (Fsp3) is 0.190. The van der Waals surface area contributed by atoms with E-state index in [0.717, 1.165) is 41.9 Å². The van der Waals surface area contributed by atoms with Gasteiger partial charge in [0.05, 0.1) is 13.3 Å². The molecular weight excluding hydrogens is 324 g/mol. The molecule has 4 aromatic rings. The quantitative estimate of drug-likeness (QED) is 0.579. The molecule has 0 aliphatic carbocycles. The van der Waals surface area contributed by atoms with Crippen LogP contribution in [0.25, 0.3) is 11.0 Å². The SMILES string of the molecule is COc1cncc(CCc2ccc(Cc3c[nH]c4ncccc34)cn2)c1. The van der Waals surface area contributed by atoms with Crippen molar-refractivity contribution in [3.8, 4) is 5.75 Å². The minimum Gasteiger partial charge on any atom is -0.495 e. The molecule has 0 spiro atoms. The Morgan fingerprint density at radius 2 is 1.96 bits per heavy atom. The summed E-state index contributed by atoms with van der Waals surface area (Å²) in [5, 5.41) is 1.17.